The SMILES string of the molecule is CCN(CC)[Si](N=C=O)(N=C=O)N=C=O. The van der Waals surface area contributed by atoms with Crippen LogP contribution in [0.2, 0.25) is 0 Å². The third-order valence-corrected chi connectivity index (χ3v) is 4.43. The molecule has 0 unspecified atom stereocenters. The molecule has 0 aliphatic carbocycles. The molecule has 0 spiro atoms. The Bertz CT molecular complexity index is 304. The standard InChI is InChI=1S/C7H10N4O3Si/c1-3-11(4-2)15(8-5-12,9-6-13)10-7-14/h3-4H2,1-2H3. The van der Waals surface area contributed by atoms with Gasteiger partial charge in [-0.05, 0) is 13.1 Å². The number of carbonyl (C=O) groups excluding carboxylic acids is 3. The molecule has 0 fully saturated rings. The predicted molar refractivity (Wildman–Crippen MR) is 53.0 cm³/mol. The zero-order valence-electron chi connectivity index (χ0n) is 8.43. The van der Waals surface area contributed by atoms with E-state index in [2.05, 4.69) is 14.0 Å². The van der Waals surface area contributed by atoms with Crippen LogP contribution in [-0.4, -0.2) is 44.6 Å². The second kappa shape index (κ2) is 6.72. The maximum Gasteiger partial charge on any atom is 0.558 e. The molecule has 0 radical (unpaired) electrons. The van der Waals surface area contributed by atoms with E-state index < -0.39 is 8.72 Å². The van der Waals surface area contributed by atoms with Crippen molar-refractivity contribution in [3.63, 3.8) is 0 Å². The van der Waals surface area contributed by atoms with Crippen LogP contribution in [0.4, 0.5) is 0 Å². The van der Waals surface area contributed by atoms with Crippen LogP contribution in [0.5, 0.6) is 0 Å². The molecular weight excluding hydrogens is 216 g/mol. The van der Waals surface area contributed by atoms with Crippen molar-refractivity contribution in [1.29, 1.82) is 0 Å². The molecule has 8 heteroatoms. The molecule has 15 heavy (non-hydrogen) atoms. The summed E-state index contributed by atoms with van der Waals surface area (Å²) in [5, 5.41) is 0. The Morgan fingerprint density at radius 2 is 1.27 bits per heavy atom. The average Bonchev–Trinajstić information content (AvgIpc) is 2.20. The number of hydrogen-bond donors (Lipinski definition) is 0. The van der Waals surface area contributed by atoms with Gasteiger partial charge in [0.15, 0.2) is 0 Å². The molecule has 0 rings (SSSR count). The van der Waals surface area contributed by atoms with Gasteiger partial charge in [0.05, 0.1) is 0 Å². The Morgan fingerprint density at radius 1 is 0.933 bits per heavy atom. The van der Waals surface area contributed by atoms with Crippen molar-refractivity contribution in [2.75, 3.05) is 13.1 Å². The van der Waals surface area contributed by atoms with E-state index >= 15 is 0 Å². The largest absolute Gasteiger partial charge is 0.558 e. The van der Waals surface area contributed by atoms with Gasteiger partial charge in [-0.15, -0.1) is 0 Å². The maximum absolute atomic E-state index is 10.2. The predicted octanol–water partition coefficient (Wildman–Crippen LogP) is -0.229. The molecular formula is C7H10N4O3Si. The highest BCUT2D eigenvalue weighted by atomic mass is 28.4. The van der Waals surface area contributed by atoms with Crippen LogP contribution in [0.3, 0.4) is 0 Å². The van der Waals surface area contributed by atoms with Gasteiger partial charge in [-0.1, -0.05) is 13.8 Å². The van der Waals surface area contributed by atoms with Crippen LogP contribution < -0.4 is 0 Å². The summed E-state index contributed by atoms with van der Waals surface area (Å²) in [6.07, 6.45) is 3.83. The van der Waals surface area contributed by atoms with Gasteiger partial charge in [0.25, 0.3) is 0 Å². The fourth-order valence-electron chi connectivity index (χ4n) is 1.12. The van der Waals surface area contributed by atoms with Gasteiger partial charge in [-0.3, -0.25) is 4.57 Å². The summed E-state index contributed by atoms with van der Waals surface area (Å²) in [7, 11) is -3.49. The third-order valence-electron chi connectivity index (χ3n) is 1.77. The average molecular weight is 226 g/mol. The van der Waals surface area contributed by atoms with E-state index in [9.17, 15) is 14.4 Å². The molecule has 0 saturated carbocycles. The van der Waals surface area contributed by atoms with E-state index in [4.69, 9.17) is 0 Å². The summed E-state index contributed by atoms with van der Waals surface area (Å²) < 4.78 is 11.7. The van der Waals surface area contributed by atoms with Crippen LogP contribution in [0.25, 0.3) is 0 Å². The first kappa shape index (κ1) is 13.3. The van der Waals surface area contributed by atoms with E-state index in [1.165, 1.54) is 18.2 Å². The molecule has 0 aliphatic rings. The monoisotopic (exact) mass is 226 g/mol. The molecule has 0 heterocycles. The highest BCUT2D eigenvalue weighted by Gasteiger charge is 2.43. The van der Waals surface area contributed by atoms with Crippen LogP contribution in [0, 0.1) is 0 Å². The zero-order chi connectivity index (χ0) is 11.7. The Hall–Kier alpha value is -1.68. The lowest BCUT2D eigenvalue weighted by atomic mass is 10.7. The molecule has 0 aliphatic heterocycles. The van der Waals surface area contributed by atoms with Crippen LogP contribution >= 0.6 is 0 Å². The fraction of sp³-hybridized carbons (Fsp3) is 0.571. The highest BCUT2D eigenvalue weighted by Crippen LogP contribution is 2.13. The Morgan fingerprint density at radius 3 is 1.47 bits per heavy atom. The molecule has 0 N–H and O–H groups in total. The summed E-state index contributed by atoms with van der Waals surface area (Å²) in [6.45, 7) is 4.44. The smallest absolute Gasteiger partial charge is 0.269 e. The minimum Gasteiger partial charge on any atom is -0.269 e. The summed E-state index contributed by atoms with van der Waals surface area (Å²) in [4.78, 5) is 30.7. The number of isocyanates is 3. The summed E-state index contributed by atoms with van der Waals surface area (Å²) >= 11 is 0. The van der Waals surface area contributed by atoms with E-state index in [0.29, 0.717) is 13.1 Å². The lowest BCUT2D eigenvalue weighted by Crippen LogP contribution is -2.50. The summed E-state index contributed by atoms with van der Waals surface area (Å²) in [5.74, 6) is 0. The van der Waals surface area contributed by atoms with E-state index in [1.807, 2.05) is 0 Å². The molecule has 0 atom stereocenters. The summed E-state index contributed by atoms with van der Waals surface area (Å²) in [5.41, 5.74) is 0. The van der Waals surface area contributed by atoms with Gasteiger partial charge in [-0.25, -0.2) is 14.4 Å². The van der Waals surface area contributed by atoms with E-state index in [-0.39, 0.29) is 0 Å². The molecule has 0 bridgehead atoms. The first-order valence-electron chi connectivity index (χ1n) is 4.22. The molecule has 0 aromatic heterocycles. The van der Waals surface area contributed by atoms with Crippen molar-refractivity contribution in [3.8, 4) is 0 Å². The van der Waals surface area contributed by atoms with Crippen molar-refractivity contribution in [2.45, 2.75) is 13.8 Å². The Kier molecular flexibility index (Phi) is 5.97. The first-order chi connectivity index (χ1) is 7.20. The second-order valence-electron chi connectivity index (χ2n) is 2.38. The lowest BCUT2D eigenvalue weighted by Gasteiger charge is -2.24. The Labute approximate surface area is 87.6 Å². The minimum atomic E-state index is -3.49. The van der Waals surface area contributed by atoms with Crippen molar-refractivity contribution in [1.82, 2.24) is 4.57 Å². The quantitative estimate of drug-likeness (QED) is 0.355. The van der Waals surface area contributed by atoms with Crippen LogP contribution in [-0.2, 0) is 14.4 Å². The van der Waals surface area contributed by atoms with Gasteiger partial charge in [0.1, 0.15) is 0 Å². The molecule has 0 amide bonds. The minimum absolute atomic E-state index is 0.449. The lowest BCUT2D eigenvalue weighted by molar-refractivity contribution is 0.457. The van der Waals surface area contributed by atoms with Gasteiger partial charge in [0, 0.05) is 0 Å². The highest BCUT2D eigenvalue weighted by molar-refractivity contribution is 6.74. The normalized spacial score (nSPS) is 13.0. The topological polar surface area (TPSA) is 91.5 Å². The van der Waals surface area contributed by atoms with Crippen molar-refractivity contribution >= 4 is 27.0 Å². The number of rotatable bonds is 6. The molecule has 80 valence electrons. The van der Waals surface area contributed by atoms with Crippen molar-refractivity contribution < 1.29 is 14.4 Å². The number of hydrogen-bond acceptors (Lipinski definition) is 7. The van der Waals surface area contributed by atoms with Gasteiger partial charge in [-0.2, -0.15) is 14.0 Å². The fourth-order valence-corrected chi connectivity index (χ4v) is 2.91. The number of nitrogens with zero attached hydrogens (tertiary/aromatic N) is 4. The van der Waals surface area contributed by atoms with Crippen molar-refractivity contribution in [2.24, 2.45) is 14.0 Å². The van der Waals surface area contributed by atoms with Crippen molar-refractivity contribution in [3.05, 3.63) is 0 Å². The molecule has 0 aromatic rings. The van der Waals surface area contributed by atoms with E-state index in [1.54, 1.807) is 18.4 Å². The molecule has 0 aromatic carbocycles. The van der Waals surface area contributed by atoms with Crippen LogP contribution in [0.15, 0.2) is 14.0 Å². The second-order valence-corrected chi connectivity index (χ2v) is 4.88. The van der Waals surface area contributed by atoms with Crippen LogP contribution in [0.1, 0.15) is 13.8 Å². The Balaban J connectivity index is 5.56. The van der Waals surface area contributed by atoms with Gasteiger partial charge >= 0.3 is 8.72 Å². The molecule has 7 nitrogen and oxygen atoms in total. The zero-order valence-corrected chi connectivity index (χ0v) is 9.43. The maximum atomic E-state index is 10.2. The van der Waals surface area contributed by atoms with E-state index in [0.717, 1.165) is 0 Å². The molecule has 0 saturated heterocycles. The van der Waals surface area contributed by atoms with Gasteiger partial charge < -0.3 is 0 Å². The van der Waals surface area contributed by atoms with Gasteiger partial charge in [0.2, 0.25) is 18.2 Å². The first-order valence-corrected chi connectivity index (χ1v) is 6.01. The third kappa shape index (κ3) is 3.18. The summed E-state index contributed by atoms with van der Waals surface area (Å²) in [6, 6.07) is 0.